The lowest BCUT2D eigenvalue weighted by Gasteiger charge is -2.18. The van der Waals surface area contributed by atoms with Crippen LogP contribution in [-0.4, -0.2) is 9.13 Å². The van der Waals surface area contributed by atoms with Crippen molar-refractivity contribution in [3.8, 4) is 55.9 Å². The smallest absolute Gasteiger partial charge is 0.0541 e. The Morgan fingerprint density at radius 1 is 0.190 bits per heavy atom. The van der Waals surface area contributed by atoms with Crippen molar-refractivity contribution < 1.29 is 0 Å². The molecule has 366 valence electrons. The summed E-state index contributed by atoms with van der Waals surface area (Å²) < 4.78 is 7.37. The average Bonchev–Trinajstić information content (AvgIpc) is 4.39. The van der Waals surface area contributed by atoms with E-state index < -0.39 is 0 Å². The molecule has 2 nitrogen and oxygen atoms in total. The second kappa shape index (κ2) is 17.2. The van der Waals surface area contributed by atoms with E-state index in [0.29, 0.717) is 0 Å². The SMILES string of the molecule is c1ccc(-n2c3ccccc3c3cc(-c4c5ccccc5c(-c5ccc6c(c5)sc5ccc(-c7c8ccccc8c(-c8ccc9c(c8)c8ccccc8n9-c8ccccc8)c8ccccc78)cc56)c5ccccc45)ccc32)cc1. The molecule has 0 radical (unpaired) electrons. The third-order valence-electron chi connectivity index (χ3n) is 16.9. The van der Waals surface area contributed by atoms with Gasteiger partial charge in [0, 0.05) is 53.1 Å². The molecule has 0 aliphatic carbocycles. The third-order valence-corrected chi connectivity index (χ3v) is 18.0. The van der Waals surface area contributed by atoms with Gasteiger partial charge in [-0.1, -0.05) is 200 Å². The van der Waals surface area contributed by atoms with Crippen molar-refractivity contribution in [1.29, 1.82) is 0 Å². The van der Waals surface area contributed by atoms with E-state index in [0.717, 1.165) is 0 Å². The molecular formula is C76H46N2S. The quantitative estimate of drug-likeness (QED) is 0.147. The Kier molecular flexibility index (Phi) is 9.62. The second-order valence-electron chi connectivity index (χ2n) is 21.0. The molecule has 0 N–H and O–H groups in total. The molecule has 79 heavy (non-hydrogen) atoms. The van der Waals surface area contributed by atoms with Crippen molar-refractivity contribution in [3.63, 3.8) is 0 Å². The third kappa shape index (κ3) is 6.58. The van der Waals surface area contributed by atoms with E-state index in [1.165, 1.54) is 163 Å². The average molecular weight is 1020 g/mol. The molecular weight excluding hydrogens is 973 g/mol. The van der Waals surface area contributed by atoms with Crippen molar-refractivity contribution in [2.75, 3.05) is 0 Å². The zero-order valence-electron chi connectivity index (χ0n) is 42.9. The van der Waals surface area contributed by atoms with E-state index in [-0.39, 0.29) is 0 Å². The highest BCUT2D eigenvalue weighted by molar-refractivity contribution is 7.25. The molecule has 0 saturated carbocycles. The fourth-order valence-corrected chi connectivity index (χ4v) is 14.7. The number of para-hydroxylation sites is 4. The molecule has 17 aromatic rings. The van der Waals surface area contributed by atoms with Gasteiger partial charge in [0.1, 0.15) is 0 Å². The van der Waals surface area contributed by atoms with Gasteiger partial charge in [-0.05, 0) is 166 Å². The first-order valence-electron chi connectivity index (χ1n) is 27.2. The van der Waals surface area contributed by atoms with E-state index in [2.05, 4.69) is 288 Å². The van der Waals surface area contributed by atoms with Gasteiger partial charge in [0.15, 0.2) is 0 Å². The Hall–Kier alpha value is -10.1. The highest BCUT2D eigenvalue weighted by Crippen LogP contribution is 2.49. The van der Waals surface area contributed by atoms with E-state index in [1.54, 1.807) is 0 Å². The van der Waals surface area contributed by atoms with Gasteiger partial charge in [-0.25, -0.2) is 0 Å². The molecule has 3 aromatic heterocycles. The van der Waals surface area contributed by atoms with E-state index >= 15 is 0 Å². The van der Waals surface area contributed by atoms with Gasteiger partial charge < -0.3 is 9.13 Å². The first kappa shape index (κ1) is 44.1. The molecule has 0 atom stereocenters. The number of benzene rings is 14. The Bertz CT molecular complexity index is 5250. The lowest BCUT2D eigenvalue weighted by molar-refractivity contribution is 1.18. The van der Waals surface area contributed by atoms with Crippen LogP contribution >= 0.6 is 11.3 Å². The zero-order valence-corrected chi connectivity index (χ0v) is 43.7. The minimum atomic E-state index is 1.17. The number of aromatic nitrogens is 2. The van der Waals surface area contributed by atoms with Crippen molar-refractivity contribution in [2.24, 2.45) is 0 Å². The van der Waals surface area contributed by atoms with Crippen molar-refractivity contribution in [2.45, 2.75) is 0 Å². The second-order valence-corrected chi connectivity index (χ2v) is 22.1. The van der Waals surface area contributed by atoms with Gasteiger partial charge in [0.2, 0.25) is 0 Å². The summed E-state index contributed by atoms with van der Waals surface area (Å²) in [6.07, 6.45) is 0. The van der Waals surface area contributed by atoms with Crippen molar-refractivity contribution in [3.05, 3.63) is 279 Å². The molecule has 0 amide bonds. The minimum Gasteiger partial charge on any atom is -0.309 e. The Morgan fingerprint density at radius 2 is 0.494 bits per heavy atom. The summed E-state index contributed by atoms with van der Waals surface area (Å²) in [6, 6.07) is 104. The van der Waals surface area contributed by atoms with Crippen LogP contribution < -0.4 is 0 Å². The molecule has 0 spiro atoms. The van der Waals surface area contributed by atoms with Crippen LogP contribution in [0.1, 0.15) is 0 Å². The first-order valence-corrected chi connectivity index (χ1v) is 28.1. The van der Waals surface area contributed by atoms with E-state index in [1.807, 2.05) is 11.3 Å². The number of fused-ring (bicyclic) bond motifs is 13. The van der Waals surface area contributed by atoms with E-state index in [9.17, 15) is 0 Å². The van der Waals surface area contributed by atoms with Gasteiger partial charge in [-0.2, -0.15) is 0 Å². The molecule has 14 aromatic carbocycles. The normalized spacial score (nSPS) is 12.1. The molecule has 0 bridgehead atoms. The zero-order chi connectivity index (χ0) is 51.7. The summed E-state index contributed by atoms with van der Waals surface area (Å²) in [4.78, 5) is 0. The summed E-state index contributed by atoms with van der Waals surface area (Å²) in [6.45, 7) is 0. The molecule has 3 heteroatoms. The molecule has 0 saturated heterocycles. The van der Waals surface area contributed by atoms with Crippen LogP contribution in [0.2, 0.25) is 0 Å². The van der Waals surface area contributed by atoms with Crippen LogP contribution in [0.4, 0.5) is 0 Å². The standard InChI is InChI=1S/C76H46N2S/c1-3-19-51(20-4-1)77-67-33-17-15-23-53(67)64-43-47(36-40-69(64)77)73-56-25-7-9-27-58(56)75(59-28-10-8-26-57(59)73)49-38-42-71-66(45-49)55-39-35-50(46-72(55)79-71)76-62-31-13-11-29-60(62)74(61-30-12-14-32-63(61)76)48-37-41-70-65(44-48)54-24-16-18-34-68(54)78(70)52-21-5-2-6-22-52/h1-46H. The van der Waals surface area contributed by atoms with Crippen molar-refractivity contribution in [1.82, 2.24) is 9.13 Å². The van der Waals surface area contributed by atoms with Gasteiger partial charge >= 0.3 is 0 Å². The summed E-state index contributed by atoms with van der Waals surface area (Å²) in [5.74, 6) is 0. The van der Waals surface area contributed by atoms with Crippen LogP contribution in [0.5, 0.6) is 0 Å². The minimum absolute atomic E-state index is 1.17. The lowest BCUT2D eigenvalue weighted by atomic mass is 9.85. The summed E-state index contributed by atoms with van der Waals surface area (Å²) in [5.41, 5.74) is 17.2. The van der Waals surface area contributed by atoms with Gasteiger partial charge in [-0.15, -0.1) is 11.3 Å². The molecule has 0 aliphatic heterocycles. The molecule has 0 aliphatic rings. The van der Waals surface area contributed by atoms with E-state index in [4.69, 9.17) is 0 Å². The summed E-state index contributed by atoms with van der Waals surface area (Å²) in [5, 5.41) is 17.6. The van der Waals surface area contributed by atoms with Crippen LogP contribution in [0.15, 0.2) is 279 Å². The summed E-state index contributed by atoms with van der Waals surface area (Å²) in [7, 11) is 0. The van der Waals surface area contributed by atoms with Gasteiger partial charge in [0.25, 0.3) is 0 Å². The predicted octanol–water partition coefficient (Wildman–Crippen LogP) is 21.5. The summed E-state index contributed by atoms with van der Waals surface area (Å²) >= 11 is 1.89. The fraction of sp³-hybridized carbons (Fsp3) is 0. The largest absolute Gasteiger partial charge is 0.309 e. The lowest BCUT2D eigenvalue weighted by Crippen LogP contribution is -1.93. The molecule has 0 unspecified atom stereocenters. The number of hydrogen-bond acceptors (Lipinski definition) is 1. The van der Waals surface area contributed by atoms with Gasteiger partial charge in [0.05, 0.1) is 22.1 Å². The Morgan fingerprint density at radius 3 is 0.899 bits per heavy atom. The number of rotatable bonds is 6. The van der Waals surface area contributed by atoms with Crippen LogP contribution in [0.3, 0.4) is 0 Å². The van der Waals surface area contributed by atoms with Crippen LogP contribution in [0, 0.1) is 0 Å². The predicted molar refractivity (Wildman–Crippen MR) is 340 cm³/mol. The molecule has 17 rings (SSSR count). The first-order chi connectivity index (χ1) is 39.2. The maximum atomic E-state index is 2.46. The van der Waals surface area contributed by atoms with Crippen molar-refractivity contribution >= 4 is 118 Å². The monoisotopic (exact) mass is 1020 g/mol. The number of thiophene rings is 1. The highest BCUT2D eigenvalue weighted by atomic mass is 32.1. The maximum absolute atomic E-state index is 2.46. The Balaban J connectivity index is 0.808. The fourth-order valence-electron chi connectivity index (χ4n) is 13.6. The molecule has 3 heterocycles. The number of nitrogens with zero attached hydrogens (tertiary/aromatic N) is 2. The van der Waals surface area contributed by atoms with Crippen LogP contribution in [-0.2, 0) is 0 Å². The van der Waals surface area contributed by atoms with Gasteiger partial charge in [-0.3, -0.25) is 0 Å². The van der Waals surface area contributed by atoms with Crippen LogP contribution in [0.25, 0.3) is 163 Å². The molecule has 0 fully saturated rings. The highest BCUT2D eigenvalue weighted by Gasteiger charge is 2.22. The maximum Gasteiger partial charge on any atom is 0.0541 e. The number of hydrogen-bond donors (Lipinski definition) is 0. The Labute approximate surface area is 459 Å². The topological polar surface area (TPSA) is 9.86 Å².